The van der Waals surface area contributed by atoms with Crippen molar-refractivity contribution in [1.82, 2.24) is 5.32 Å². The molecule has 3 aliphatic rings. The smallest absolute Gasteiger partial charge is 0.408 e. The largest absolute Gasteiger partial charge is 0.444 e. The van der Waals surface area contributed by atoms with Gasteiger partial charge in [0.2, 0.25) is 0 Å². The first kappa shape index (κ1) is 14.4. The predicted octanol–water partition coefficient (Wildman–Crippen LogP) is 3.03. The number of amides is 1. The van der Waals surface area contributed by atoms with Crippen LogP contribution in [0.5, 0.6) is 0 Å². The molecule has 1 N–H and O–H groups in total. The molecule has 1 saturated carbocycles. The predicted molar refractivity (Wildman–Crippen MR) is 78.1 cm³/mol. The Labute approximate surface area is 122 Å². The van der Waals surface area contributed by atoms with Gasteiger partial charge in [-0.25, -0.2) is 4.79 Å². The number of hydrogen-bond acceptors (Lipinski definition) is 3. The van der Waals surface area contributed by atoms with E-state index in [1.165, 1.54) is 0 Å². The van der Waals surface area contributed by atoms with Crippen LogP contribution in [0.3, 0.4) is 0 Å². The quantitative estimate of drug-likeness (QED) is 0.603. The van der Waals surface area contributed by atoms with Crippen molar-refractivity contribution in [3.63, 3.8) is 0 Å². The highest BCUT2D eigenvalue weighted by Gasteiger charge is 2.50. The van der Waals surface area contributed by atoms with Crippen LogP contribution in [0.25, 0.3) is 0 Å². The van der Waals surface area contributed by atoms with E-state index in [1.54, 1.807) is 0 Å². The zero-order valence-electron chi connectivity index (χ0n) is 11.3. The van der Waals surface area contributed by atoms with Crippen molar-refractivity contribution in [1.29, 1.82) is 0 Å². The Balaban J connectivity index is 1.93. The lowest BCUT2D eigenvalue weighted by atomic mass is 9.72. The summed E-state index contributed by atoms with van der Waals surface area (Å²) in [6.07, 6.45) is 3.73. The molecular weight excluding hydrogens is 345 g/mol. The van der Waals surface area contributed by atoms with Crippen molar-refractivity contribution in [2.75, 3.05) is 11.0 Å². The number of nitrogens with one attached hydrogen (secondary N) is 1. The van der Waals surface area contributed by atoms with Crippen molar-refractivity contribution in [2.24, 2.45) is 0 Å². The first-order chi connectivity index (χ1) is 8.28. The third-order valence-corrected chi connectivity index (χ3v) is 5.17. The second-order valence-electron chi connectivity index (χ2n) is 6.51. The minimum Gasteiger partial charge on any atom is -0.444 e. The minimum absolute atomic E-state index is 0.0674. The van der Waals surface area contributed by atoms with Gasteiger partial charge in [-0.15, -0.1) is 0 Å². The van der Waals surface area contributed by atoms with Crippen LogP contribution in [-0.2, 0) is 9.47 Å². The Morgan fingerprint density at radius 1 is 1.33 bits per heavy atom. The van der Waals surface area contributed by atoms with E-state index < -0.39 is 5.60 Å². The molecule has 18 heavy (non-hydrogen) atoms. The van der Waals surface area contributed by atoms with E-state index in [0.29, 0.717) is 6.61 Å². The monoisotopic (exact) mass is 367 g/mol. The molecule has 0 aromatic carbocycles. The Bertz CT molecular complexity index is 313. The van der Waals surface area contributed by atoms with E-state index in [2.05, 4.69) is 27.9 Å². The molecule has 3 fully saturated rings. The summed E-state index contributed by atoms with van der Waals surface area (Å²) in [7, 11) is 0. The van der Waals surface area contributed by atoms with Gasteiger partial charge in [0.05, 0.1) is 17.7 Å². The number of carbonyl (C=O) groups is 1. The number of alkyl carbamates (subject to hydrolysis) is 1. The Kier molecular flexibility index (Phi) is 3.84. The third-order valence-electron chi connectivity index (χ3n) is 3.78. The summed E-state index contributed by atoms with van der Waals surface area (Å²) < 4.78 is 12.3. The molecule has 1 aliphatic carbocycles. The lowest BCUT2D eigenvalue weighted by Gasteiger charge is -2.52. The van der Waals surface area contributed by atoms with Gasteiger partial charge in [-0.1, -0.05) is 22.6 Å². The van der Waals surface area contributed by atoms with Gasteiger partial charge in [0.1, 0.15) is 5.60 Å². The van der Waals surface area contributed by atoms with E-state index in [-0.39, 0.29) is 17.2 Å². The van der Waals surface area contributed by atoms with Crippen molar-refractivity contribution < 1.29 is 14.3 Å². The van der Waals surface area contributed by atoms with Crippen LogP contribution in [0.1, 0.15) is 46.5 Å². The molecule has 4 nitrogen and oxygen atoms in total. The third kappa shape index (κ3) is 3.10. The van der Waals surface area contributed by atoms with Gasteiger partial charge >= 0.3 is 6.09 Å². The summed E-state index contributed by atoms with van der Waals surface area (Å²) >= 11 is 2.40. The molecule has 0 aromatic heterocycles. The van der Waals surface area contributed by atoms with E-state index in [0.717, 1.165) is 30.1 Å². The van der Waals surface area contributed by atoms with Crippen LogP contribution in [-0.4, -0.2) is 33.9 Å². The Hall–Kier alpha value is -0.0400. The Morgan fingerprint density at radius 3 is 2.33 bits per heavy atom. The lowest BCUT2D eigenvalue weighted by Crippen LogP contribution is -2.63. The highest BCUT2D eigenvalue weighted by Crippen LogP contribution is 2.44. The zero-order valence-corrected chi connectivity index (χ0v) is 13.5. The number of halogens is 1. The van der Waals surface area contributed by atoms with E-state index in [9.17, 15) is 4.79 Å². The van der Waals surface area contributed by atoms with Gasteiger partial charge in [0.25, 0.3) is 0 Å². The van der Waals surface area contributed by atoms with E-state index >= 15 is 0 Å². The van der Waals surface area contributed by atoms with Crippen molar-refractivity contribution in [3.05, 3.63) is 0 Å². The second-order valence-corrected chi connectivity index (χ2v) is 7.28. The maximum Gasteiger partial charge on any atom is 0.408 e. The fraction of sp³-hybridized carbons (Fsp3) is 0.923. The number of carbonyl (C=O) groups excluding carboxylic acids is 1. The van der Waals surface area contributed by atoms with Crippen molar-refractivity contribution >= 4 is 28.7 Å². The van der Waals surface area contributed by atoms with Gasteiger partial charge in [-0.2, -0.15) is 0 Å². The van der Waals surface area contributed by atoms with Crippen LogP contribution < -0.4 is 5.32 Å². The number of hydrogen-bond donors (Lipinski definition) is 1. The maximum absolute atomic E-state index is 11.9. The summed E-state index contributed by atoms with van der Waals surface area (Å²) in [6, 6.07) is 0. The number of ether oxygens (including phenoxy) is 2. The van der Waals surface area contributed by atoms with Gasteiger partial charge in [0.15, 0.2) is 0 Å². The summed E-state index contributed by atoms with van der Waals surface area (Å²) in [4.78, 5) is 11.9. The average Bonchev–Trinajstić information content (AvgIpc) is 2.28. The fourth-order valence-corrected chi connectivity index (χ4v) is 3.60. The number of fused-ring (bicyclic) bond motifs is 3. The normalized spacial score (nSPS) is 35.3. The highest BCUT2D eigenvalue weighted by molar-refractivity contribution is 14.1. The molecule has 0 radical (unpaired) electrons. The van der Waals surface area contributed by atoms with E-state index in [4.69, 9.17) is 9.47 Å². The van der Waals surface area contributed by atoms with Crippen LogP contribution in [0.15, 0.2) is 0 Å². The lowest BCUT2D eigenvalue weighted by molar-refractivity contribution is -0.146. The average molecular weight is 367 g/mol. The first-order valence-electron chi connectivity index (χ1n) is 6.49. The SMILES string of the molecule is CC(C)(C)OC(=O)NC12CCC(CI)(CC1)OC2. The van der Waals surface area contributed by atoms with Crippen LogP contribution in [0, 0.1) is 0 Å². The van der Waals surface area contributed by atoms with E-state index in [1.807, 2.05) is 20.8 Å². The molecule has 0 spiro atoms. The van der Waals surface area contributed by atoms with Gasteiger partial charge < -0.3 is 14.8 Å². The van der Waals surface area contributed by atoms with Gasteiger partial charge in [-0.05, 0) is 46.5 Å². The molecule has 2 bridgehead atoms. The molecule has 104 valence electrons. The summed E-state index contributed by atoms with van der Waals surface area (Å²) in [5.41, 5.74) is -0.579. The molecule has 2 heterocycles. The molecule has 1 amide bonds. The van der Waals surface area contributed by atoms with Gasteiger partial charge in [0, 0.05) is 4.43 Å². The van der Waals surface area contributed by atoms with Crippen LogP contribution in [0.4, 0.5) is 4.79 Å². The Morgan fingerprint density at radius 2 is 1.94 bits per heavy atom. The van der Waals surface area contributed by atoms with Gasteiger partial charge in [-0.3, -0.25) is 0 Å². The summed E-state index contributed by atoms with van der Waals surface area (Å²) in [5.74, 6) is 0. The molecule has 2 aliphatic heterocycles. The number of rotatable bonds is 2. The van der Waals surface area contributed by atoms with Crippen LogP contribution >= 0.6 is 22.6 Å². The molecule has 3 rings (SSSR count). The fourth-order valence-electron chi connectivity index (χ4n) is 2.62. The standard InChI is InChI=1S/C13H22INO3/c1-11(2,3)18-10(16)15-12-4-6-13(8-14,7-5-12)17-9-12/h4-9H2,1-3H3,(H,15,16). The molecule has 0 unspecified atom stereocenters. The zero-order chi connectivity index (χ0) is 13.4. The molecule has 0 atom stereocenters. The highest BCUT2D eigenvalue weighted by atomic mass is 127. The molecule has 0 aromatic rings. The van der Waals surface area contributed by atoms with Crippen molar-refractivity contribution in [2.45, 2.75) is 63.2 Å². The number of alkyl halides is 1. The van der Waals surface area contributed by atoms with Crippen molar-refractivity contribution in [3.8, 4) is 0 Å². The molecule has 2 saturated heterocycles. The topological polar surface area (TPSA) is 47.6 Å². The van der Waals surface area contributed by atoms with Crippen LogP contribution in [0.2, 0.25) is 0 Å². The second kappa shape index (κ2) is 4.81. The molecular formula is C13H22INO3. The minimum atomic E-state index is -0.448. The first-order valence-corrected chi connectivity index (χ1v) is 8.02. The summed E-state index contributed by atoms with van der Waals surface area (Å²) in [6.45, 7) is 6.26. The molecule has 5 heteroatoms. The maximum atomic E-state index is 11.9. The summed E-state index contributed by atoms with van der Waals surface area (Å²) in [5, 5.41) is 3.03.